The number of nitrogens with zero attached hydrogens (tertiary/aromatic N) is 1. The summed E-state index contributed by atoms with van der Waals surface area (Å²) in [5.41, 5.74) is 2.61. The van der Waals surface area contributed by atoms with Crippen LogP contribution < -0.4 is 14.2 Å². The minimum absolute atomic E-state index is 0.00545. The fourth-order valence-corrected chi connectivity index (χ4v) is 4.82. The lowest BCUT2D eigenvalue weighted by molar-refractivity contribution is -0.140. The number of rotatable bonds is 8. The number of amides is 1. The summed E-state index contributed by atoms with van der Waals surface area (Å²) >= 11 is 0. The van der Waals surface area contributed by atoms with Gasteiger partial charge in [0.05, 0.1) is 37.5 Å². The first-order chi connectivity index (χ1) is 18.9. The topological polar surface area (TPSA) is 85.3 Å². The summed E-state index contributed by atoms with van der Waals surface area (Å²) in [7, 11) is 3.10. The molecule has 40 heavy (non-hydrogen) atoms. The first kappa shape index (κ1) is 28.7. The Labute approximate surface area is 236 Å². The third kappa shape index (κ3) is 5.83. The van der Waals surface area contributed by atoms with Crippen molar-refractivity contribution in [1.82, 2.24) is 4.90 Å². The lowest BCUT2D eigenvalue weighted by Crippen LogP contribution is -2.29. The molecule has 0 saturated carbocycles. The Morgan fingerprint density at radius 3 is 2.08 bits per heavy atom. The van der Waals surface area contributed by atoms with E-state index in [0.717, 1.165) is 11.1 Å². The fraction of sp³-hybridized carbons (Fsp3) is 0.333. The molecule has 1 amide bonds. The van der Waals surface area contributed by atoms with E-state index in [0.29, 0.717) is 28.4 Å². The number of ether oxygens (including phenoxy) is 3. The molecule has 1 heterocycles. The van der Waals surface area contributed by atoms with Gasteiger partial charge in [-0.2, -0.15) is 0 Å². The smallest absolute Gasteiger partial charge is 0.295 e. The van der Waals surface area contributed by atoms with Crippen LogP contribution in [0.25, 0.3) is 5.76 Å². The van der Waals surface area contributed by atoms with Gasteiger partial charge in [0.2, 0.25) is 0 Å². The Balaban J connectivity index is 1.88. The van der Waals surface area contributed by atoms with Crippen molar-refractivity contribution in [2.24, 2.45) is 0 Å². The van der Waals surface area contributed by atoms with Gasteiger partial charge in [-0.3, -0.25) is 9.59 Å². The van der Waals surface area contributed by atoms with Crippen LogP contribution >= 0.6 is 0 Å². The monoisotopic (exact) mass is 543 g/mol. The zero-order valence-corrected chi connectivity index (χ0v) is 24.1. The van der Waals surface area contributed by atoms with E-state index in [1.54, 1.807) is 13.2 Å². The molecule has 0 radical (unpaired) electrons. The molecule has 0 aromatic heterocycles. The van der Waals surface area contributed by atoms with Crippen molar-refractivity contribution < 1.29 is 28.9 Å². The van der Waals surface area contributed by atoms with Crippen LogP contribution in [0.15, 0.2) is 72.3 Å². The van der Waals surface area contributed by atoms with Gasteiger partial charge in [0.1, 0.15) is 23.0 Å². The van der Waals surface area contributed by atoms with Crippen LogP contribution in [-0.2, 0) is 21.5 Å². The Kier molecular flexibility index (Phi) is 8.24. The molecule has 1 unspecified atom stereocenters. The van der Waals surface area contributed by atoms with Gasteiger partial charge in [0.25, 0.3) is 11.7 Å². The van der Waals surface area contributed by atoms with E-state index in [1.807, 2.05) is 74.5 Å². The highest BCUT2D eigenvalue weighted by atomic mass is 16.5. The van der Waals surface area contributed by atoms with Gasteiger partial charge in [0.15, 0.2) is 0 Å². The van der Waals surface area contributed by atoms with Gasteiger partial charge in [-0.05, 0) is 72.4 Å². The van der Waals surface area contributed by atoms with E-state index in [1.165, 1.54) is 12.0 Å². The van der Waals surface area contributed by atoms with E-state index in [2.05, 4.69) is 20.8 Å². The average molecular weight is 544 g/mol. The summed E-state index contributed by atoms with van der Waals surface area (Å²) in [6.45, 7) is 10.2. The van der Waals surface area contributed by atoms with Crippen LogP contribution in [0.2, 0.25) is 0 Å². The third-order valence-electron chi connectivity index (χ3n) is 6.94. The SMILES string of the molecule is COc1ccc(CN2C(=O)C(=O)/C(=C(/O)c3cc(C(C)(C)C)ccc3OC)C2c2ccc(OC(C)C)cc2)cc1. The number of hydrogen-bond donors (Lipinski definition) is 1. The lowest BCUT2D eigenvalue weighted by atomic mass is 9.85. The predicted octanol–water partition coefficient (Wildman–Crippen LogP) is 6.41. The first-order valence-corrected chi connectivity index (χ1v) is 13.3. The van der Waals surface area contributed by atoms with Gasteiger partial charge in [0, 0.05) is 6.54 Å². The summed E-state index contributed by atoms with van der Waals surface area (Å²) in [4.78, 5) is 28.6. The van der Waals surface area contributed by atoms with Gasteiger partial charge >= 0.3 is 0 Å². The zero-order valence-electron chi connectivity index (χ0n) is 24.1. The van der Waals surface area contributed by atoms with Gasteiger partial charge in [-0.15, -0.1) is 0 Å². The molecule has 1 fully saturated rings. The highest BCUT2D eigenvalue weighted by molar-refractivity contribution is 6.46. The van der Waals surface area contributed by atoms with Crippen LogP contribution in [0.3, 0.4) is 0 Å². The molecule has 3 aromatic rings. The zero-order chi connectivity index (χ0) is 29.2. The number of carbonyl (C=O) groups excluding carboxylic acids is 2. The van der Waals surface area contributed by atoms with Crippen molar-refractivity contribution in [3.05, 3.63) is 94.6 Å². The van der Waals surface area contributed by atoms with Crippen LogP contribution in [0.5, 0.6) is 17.2 Å². The molecule has 7 nitrogen and oxygen atoms in total. The molecule has 1 saturated heterocycles. The molecule has 1 N–H and O–H groups in total. The number of carbonyl (C=O) groups is 2. The van der Waals surface area contributed by atoms with Crippen molar-refractivity contribution in [2.75, 3.05) is 14.2 Å². The molecular formula is C33H37NO6. The normalized spacial score (nSPS) is 16.9. The number of methoxy groups -OCH3 is 2. The number of hydrogen-bond acceptors (Lipinski definition) is 6. The number of likely N-dealkylation sites (tertiary alicyclic amines) is 1. The Bertz CT molecular complexity index is 1410. The highest BCUT2D eigenvalue weighted by Gasteiger charge is 2.46. The van der Waals surface area contributed by atoms with Crippen LogP contribution in [0.4, 0.5) is 0 Å². The molecule has 0 bridgehead atoms. The average Bonchev–Trinajstić information content (AvgIpc) is 3.17. The summed E-state index contributed by atoms with van der Waals surface area (Å²) in [6.07, 6.45) is -0.00545. The summed E-state index contributed by atoms with van der Waals surface area (Å²) in [6, 6.07) is 19.3. The Hall–Kier alpha value is -4.26. The van der Waals surface area contributed by atoms with Gasteiger partial charge < -0.3 is 24.2 Å². The van der Waals surface area contributed by atoms with E-state index in [-0.39, 0.29) is 29.4 Å². The molecule has 210 valence electrons. The first-order valence-electron chi connectivity index (χ1n) is 13.3. The molecule has 0 spiro atoms. The minimum Gasteiger partial charge on any atom is -0.507 e. The van der Waals surface area contributed by atoms with Crippen molar-refractivity contribution in [1.29, 1.82) is 0 Å². The molecule has 1 atom stereocenters. The number of ketones is 1. The van der Waals surface area contributed by atoms with E-state index >= 15 is 0 Å². The molecule has 7 heteroatoms. The maximum atomic E-state index is 13.6. The van der Waals surface area contributed by atoms with Gasteiger partial charge in [-0.1, -0.05) is 51.1 Å². The molecule has 0 aliphatic carbocycles. The molecule has 1 aliphatic heterocycles. The quantitative estimate of drug-likeness (QED) is 0.201. The maximum absolute atomic E-state index is 13.6. The van der Waals surface area contributed by atoms with Crippen LogP contribution in [-0.4, -0.2) is 42.0 Å². The third-order valence-corrected chi connectivity index (χ3v) is 6.94. The largest absolute Gasteiger partial charge is 0.507 e. The molecule has 1 aliphatic rings. The molecular weight excluding hydrogens is 506 g/mol. The van der Waals surface area contributed by atoms with Crippen LogP contribution in [0, 0.1) is 0 Å². The maximum Gasteiger partial charge on any atom is 0.295 e. The van der Waals surface area contributed by atoms with E-state index in [4.69, 9.17) is 14.2 Å². The molecule has 3 aromatic carbocycles. The van der Waals surface area contributed by atoms with Crippen molar-refractivity contribution in [2.45, 2.75) is 58.7 Å². The summed E-state index contributed by atoms with van der Waals surface area (Å²) in [5, 5.41) is 11.7. The number of aliphatic hydroxyl groups excluding tert-OH is 1. The highest BCUT2D eigenvalue weighted by Crippen LogP contribution is 2.43. The Morgan fingerprint density at radius 2 is 1.52 bits per heavy atom. The second-order valence-electron chi connectivity index (χ2n) is 11.2. The number of Topliss-reactive ketones (excluding diaryl/α,β-unsaturated/α-hetero) is 1. The van der Waals surface area contributed by atoms with Crippen molar-refractivity contribution >= 4 is 17.4 Å². The van der Waals surface area contributed by atoms with Crippen molar-refractivity contribution in [3.63, 3.8) is 0 Å². The van der Waals surface area contributed by atoms with Crippen molar-refractivity contribution in [3.8, 4) is 17.2 Å². The Morgan fingerprint density at radius 1 is 0.900 bits per heavy atom. The summed E-state index contributed by atoms with van der Waals surface area (Å²) in [5.74, 6) is 0.0641. The van der Waals surface area contributed by atoms with Crippen LogP contribution in [0.1, 0.15) is 62.9 Å². The second-order valence-corrected chi connectivity index (χ2v) is 11.2. The fourth-order valence-electron chi connectivity index (χ4n) is 4.82. The standard InChI is InChI=1S/C33H37NO6/c1-20(2)40-25-15-10-22(11-16-25)29-28(30(35)26-18-23(33(3,4)5)12-17-27(26)39-7)31(36)32(37)34(29)19-21-8-13-24(38-6)14-9-21/h8-18,20,29,35H,19H2,1-7H3/b30-28+. The lowest BCUT2D eigenvalue weighted by Gasteiger charge is -2.26. The molecule has 4 rings (SSSR count). The van der Waals surface area contributed by atoms with E-state index < -0.39 is 17.7 Å². The van der Waals surface area contributed by atoms with Gasteiger partial charge in [-0.25, -0.2) is 0 Å². The number of aliphatic hydroxyl groups is 1. The number of benzene rings is 3. The minimum atomic E-state index is -0.821. The second kappa shape index (κ2) is 11.5. The summed E-state index contributed by atoms with van der Waals surface area (Å²) < 4.78 is 16.6. The van der Waals surface area contributed by atoms with E-state index in [9.17, 15) is 14.7 Å². The predicted molar refractivity (Wildman–Crippen MR) is 155 cm³/mol.